The van der Waals surface area contributed by atoms with Crippen LogP contribution in [0.5, 0.6) is 11.5 Å². The molecular weight excluding hydrogens is 448 g/mol. The molecule has 2 aromatic heterocycles. The third-order valence-corrected chi connectivity index (χ3v) is 6.12. The molecule has 0 bridgehead atoms. The molecule has 3 rings (SSSR count). The van der Waals surface area contributed by atoms with E-state index in [-0.39, 0.29) is 17.9 Å². The fourth-order valence-corrected chi connectivity index (χ4v) is 4.23. The summed E-state index contributed by atoms with van der Waals surface area (Å²) in [6.07, 6.45) is 1.39. The molecule has 0 aliphatic heterocycles. The Bertz CT molecular complexity index is 1360. The molecule has 3 aromatic rings. The van der Waals surface area contributed by atoms with Gasteiger partial charge in [-0.25, -0.2) is 9.78 Å². The van der Waals surface area contributed by atoms with Gasteiger partial charge in [-0.2, -0.15) is 0 Å². The van der Waals surface area contributed by atoms with Gasteiger partial charge in [0.15, 0.2) is 11.5 Å². The van der Waals surface area contributed by atoms with Gasteiger partial charge in [-0.3, -0.25) is 18.7 Å². The van der Waals surface area contributed by atoms with E-state index in [1.165, 1.54) is 11.6 Å². The van der Waals surface area contributed by atoms with Crippen molar-refractivity contribution in [1.82, 2.24) is 19.4 Å². The number of ether oxygens (including phenoxy) is 2. The molecule has 0 aliphatic carbocycles. The average molecular weight is 483 g/mol. The van der Waals surface area contributed by atoms with Gasteiger partial charge in [-0.15, -0.1) is 0 Å². The number of aromatic nitrogens is 3. The first-order valence-corrected chi connectivity index (χ1v) is 11.9. The fraction of sp³-hybridized carbons (Fsp3) is 0.462. The molecule has 0 radical (unpaired) electrons. The van der Waals surface area contributed by atoms with Gasteiger partial charge in [0.1, 0.15) is 5.65 Å². The van der Waals surface area contributed by atoms with E-state index in [9.17, 15) is 14.4 Å². The molecule has 0 saturated heterocycles. The SMILES string of the molecule is CCOc1ccc(CCNC(=O)CCc2c(C)nc3c(c2C)c(=O)n(C)c(=O)n3C)cc1OCC. The molecule has 0 spiro atoms. The maximum Gasteiger partial charge on any atom is 0.332 e. The summed E-state index contributed by atoms with van der Waals surface area (Å²) in [4.78, 5) is 42.0. The number of benzene rings is 1. The number of carbonyl (C=O) groups excluding carboxylic acids is 1. The number of amides is 1. The van der Waals surface area contributed by atoms with Crippen molar-refractivity contribution in [1.29, 1.82) is 0 Å². The maximum absolute atomic E-state index is 12.7. The highest BCUT2D eigenvalue weighted by Gasteiger charge is 2.17. The van der Waals surface area contributed by atoms with Gasteiger partial charge in [0.25, 0.3) is 5.56 Å². The fourth-order valence-electron chi connectivity index (χ4n) is 4.23. The number of fused-ring (bicyclic) bond motifs is 1. The number of hydrogen-bond donors (Lipinski definition) is 1. The topological polar surface area (TPSA) is 104 Å². The Hall–Kier alpha value is -3.62. The lowest BCUT2D eigenvalue weighted by Crippen LogP contribution is -2.38. The third-order valence-electron chi connectivity index (χ3n) is 6.12. The molecule has 1 aromatic carbocycles. The molecule has 188 valence electrons. The highest BCUT2D eigenvalue weighted by molar-refractivity contribution is 5.80. The lowest BCUT2D eigenvalue weighted by Gasteiger charge is -2.15. The Morgan fingerprint density at radius 1 is 1.00 bits per heavy atom. The minimum atomic E-state index is -0.415. The second-order valence-corrected chi connectivity index (χ2v) is 8.45. The summed E-state index contributed by atoms with van der Waals surface area (Å²) in [7, 11) is 3.06. The van der Waals surface area contributed by atoms with Crippen LogP contribution in [0.1, 0.15) is 42.7 Å². The van der Waals surface area contributed by atoms with Gasteiger partial charge in [-0.05, 0) is 69.4 Å². The molecule has 35 heavy (non-hydrogen) atoms. The smallest absolute Gasteiger partial charge is 0.332 e. The minimum absolute atomic E-state index is 0.0757. The van der Waals surface area contributed by atoms with Crippen molar-refractivity contribution in [2.45, 2.75) is 47.0 Å². The first-order chi connectivity index (χ1) is 16.7. The van der Waals surface area contributed by atoms with Crippen LogP contribution >= 0.6 is 0 Å². The summed E-state index contributed by atoms with van der Waals surface area (Å²) in [5.41, 5.74) is 2.95. The number of aryl methyl sites for hydroxylation is 3. The predicted octanol–water partition coefficient (Wildman–Crippen LogP) is 2.34. The van der Waals surface area contributed by atoms with Crippen LogP contribution in [0.2, 0.25) is 0 Å². The second kappa shape index (κ2) is 11.2. The standard InChI is InChI=1S/C26H34N4O5/c1-7-34-20-11-9-18(15-21(20)35-8-2)13-14-27-22(31)12-10-19-16(3)23-24(28-17(19)4)29(5)26(33)30(6)25(23)32/h9,11,15H,7-8,10,12-14H2,1-6H3,(H,27,31). The summed E-state index contributed by atoms with van der Waals surface area (Å²) < 4.78 is 13.7. The van der Waals surface area contributed by atoms with Crippen LogP contribution in [0, 0.1) is 13.8 Å². The molecule has 2 heterocycles. The van der Waals surface area contributed by atoms with Crippen molar-refractivity contribution in [3.05, 3.63) is 61.4 Å². The van der Waals surface area contributed by atoms with Crippen molar-refractivity contribution in [3.8, 4) is 11.5 Å². The zero-order chi connectivity index (χ0) is 25.7. The van der Waals surface area contributed by atoms with E-state index in [1.807, 2.05) is 45.9 Å². The zero-order valence-electron chi connectivity index (χ0n) is 21.4. The molecule has 0 unspecified atom stereocenters. The van der Waals surface area contributed by atoms with Crippen molar-refractivity contribution >= 4 is 16.9 Å². The average Bonchev–Trinajstić information content (AvgIpc) is 2.82. The Balaban J connectivity index is 1.66. The zero-order valence-corrected chi connectivity index (χ0v) is 21.4. The van der Waals surface area contributed by atoms with Crippen LogP contribution in [0.25, 0.3) is 11.0 Å². The van der Waals surface area contributed by atoms with Crippen molar-refractivity contribution in [2.24, 2.45) is 14.1 Å². The van der Waals surface area contributed by atoms with E-state index in [1.54, 1.807) is 7.05 Å². The summed E-state index contributed by atoms with van der Waals surface area (Å²) >= 11 is 0. The summed E-state index contributed by atoms with van der Waals surface area (Å²) in [6, 6.07) is 5.81. The Labute approximate surface area is 204 Å². The Kier molecular flexibility index (Phi) is 8.32. The number of nitrogens with one attached hydrogen (secondary N) is 1. The predicted molar refractivity (Wildman–Crippen MR) is 136 cm³/mol. The highest BCUT2D eigenvalue weighted by Crippen LogP contribution is 2.28. The molecule has 0 aliphatic rings. The molecule has 9 nitrogen and oxygen atoms in total. The summed E-state index contributed by atoms with van der Waals surface area (Å²) in [5.74, 6) is 1.34. The number of nitrogens with zero attached hydrogens (tertiary/aromatic N) is 3. The van der Waals surface area contributed by atoms with E-state index >= 15 is 0 Å². The monoisotopic (exact) mass is 482 g/mol. The molecular formula is C26H34N4O5. The van der Waals surface area contributed by atoms with Crippen LogP contribution in [-0.2, 0) is 31.7 Å². The lowest BCUT2D eigenvalue weighted by atomic mass is 10.00. The van der Waals surface area contributed by atoms with Crippen LogP contribution in [0.4, 0.5) is 0 Å². The van der Waals surface area contributed by atoms with Gasteiger partial charge in [0.05, 0.1) is 18.6 Å². The van der Waals surface area contributed by atoms with E-state index in [0.717, 1.165) is 21.3 Å². The van der Waals surface area contributed by atoms with E-state index < -0.39 is 5.69 Å². The Morgan fingerprint density at radius 3 is 2.37 bits per heavy atom. The molecule has 1 N–H and O–H groups in total. The largest absolute Gasteiger partial charge is 0.490 e. The number of pyridine rings is 1. The van der Waals surface area contributed by atoms with Crippen LogP contribution in [0.3, 0.4) is 0 Å². The molecule has 1 amide bonds. The summed E-state index contributed by atoms with van der Waals surface area (Å²) in [6.45, 7) is 9.14. The van der Waals surface area contributed by atoms with Gasteiger partial charge in [0.2, 0.25) is 5.91 Å². The molecule has 0 saturated carbocycles. The van der Waals surface area contributed by atoms with Crippen molar-refractivity contribution < 1.29 is 14.3 Å². The maximum atomic E-state index is 12.7. The lowest BCUT2D eigenvalue weighted by molar-refractivity contribution is -0.121. The minimum Gasteiger partial charge on any atom is -0.490 e. The van der Waals surface area contributed by atoms with E-state index in [4.69, 9.17) is 9.47 Å². The van der Waals surface area contributed by atoms with Crippen LogP contribution in [0.15, 0.2) is 27.8 Å². The Morgan fingerprint density at radius 2 is 1.69 bits per heavy atom. The van der Waals surface area contributed by atoms with E-state index in [2.05, 4.69) is 10.3 Å². The second-order valence-electron chi connectivity index (χ2n) is 8.45. The number of rotatable bonds is 10. The third kappa shape index (κ3) is 5.55. The van der Waals surface area contributed by atoms with Gasteiger partial charge in [0, 0.05) is 32.8 Å². The van der Waals surface area contributed by atoms with Gasteiger partial charge >= 0.3 is 5.69 Å². The first kappa shape index (κ1) is 26.0. The first-order valence-electron chi connectivity index (χ1n) is 11.9. The van der Waals surface area contributed by atoms with E-state index in [0.29, 0.717) is 60.8 Å². The van der Waals surface area contributed by atoms with Gasteiger partial charge in [-0.1, -0.05) is 6.07 Å². The molecule has 9 heteroatoms. The molecule has 0 atom stereocenters. The summed E-state index contributed by atoms with van der Waals surface area (Å²) in [5, 5.41) is 3.38. The van der Waals surface area contributed by atoms with Crippen LogP contribution < -0.4 is 26.0 Å². The van der Waals surface area contributed by atoms with Crippen molar-refractivity contribution in [2.75, 3.05) is 19.8 Å². The van der Waals surface area contributed by atoms with Crippen LogP contribution in [-0.4, -0.2) is 39.8 Å². The number of carbonyl (C=O) groups is 1. The molecule has 0 fully saturated rings. The normalized spacial score (nSPS) is 11.0. The number of hydrogen-bond acceptors (Lipinski definition) is 6. The quantitative estimate of drug-likeness (QED) is 0.476. The van der Waals surface area contributed by atoms with Crippen molar-refractivity contribution in [3.63, 3.8) is 0 Å². The van der Waals surface area contributed by atoms with Gasteiger partial charge < -0.3 is 14.8 Å². The highest BCUT2D eigenvalue weighted by atomic mass is 16.5.